The largest absolute Gasteiger partial charge is 0.341 e. The summed E-state index contributed by atoms with van der Waals surface area (Å²) in [5.74, 6) is -0.164. The Morgan fingerprint density at radius 2 is 2.08 bits per heavy atom. The van der Waals surface area contributed by atoms with Crippen molar-refractivity contribution in [3.8, 4) is 0 Å². The van der Waals surface area contributed by atoms with Gasteiger partial charge in [0.15, 0.2) is 0 Å². The zero-order valence-corrected chi connectivity index (χ0v) is 14.9. The Labute approximate surface area is 146 Å². The normalized spacial score (nSPS) is 18.4. The van der Waals surface area contributed by atoms with Gasteiger partial charge in [0.05, 0.1) is 17.3 Å². The van der Waals surface area contributed by atoms with E-state index in [0.29, 0.717) is 18.5 Å². The van der Waals surface area contributed by atoms with E-state index >= 15 is 0 Å². The molecule has 7 nitrogen and oxygen atoms in total. The lowest BCUT2D eigenvalue weighted by molar-refractivity contribution is -0.133. The second kappa shape index (κ2) is 6.95. The summed E-state index contributed by atoms with van der Waals surface area (Å²) in [6, 6.07) is 7.12. The Morgan fingerprint density at radius 3 is 2.84 bits per heavy atom. The van der Waals surface area contributed by atoms with Crippen molar-refractivity contribution < 1.29 is 13.2 Å². The fourth-order valence-electron chi connectivity index (χ4n) is 3.32. The molecule has 0 spiro atoms. The van der Waals surface area contributed by atoms with E-state index in [1.165, 1.54) is 10.9 Å². The van der Waals surface area contributed by atoms with Crippen LogP contribution < -0.4 is 5.56 Å². The summed E-state index contributed by atoms with van der Waals surface area (Å²) >= 11 is 0. The molecule has 0 bridgehead atoms. The van der Waals surface area contributed by atoms with Crippen molar-refractivity contribution in [2.45, 2.75) is 19.4 Å². The minimum Gasteiger partial charge on any atom is -0.341 e. The van der Waals surface area contributed by atoms with Crippen molar-refractivity contribution in [2.75, 3.05) is 25.1 Å². The fourth-order valence-corrected chi connectivity index (χ4v) is 4.45. The predicted molar refractivity (Wildman–Crippen MR) is 95.0 cm³/mol. The number of carbonyl (C=O) groups is 1. The number of rotatable bonds is 4. The Balaban J connectivity index is 1.74. The standard InChI is InChI=1S/C17H21N3O4S/c1-25(23,24)12-13-5-4-8-19(10-13)16(21)11-20-17(22)15-7-3-2-6-14(15)9-18-20/h2-3,6-7,9,13H,4-5,8,10-12H2,1H3. The molecule has 1 aromatic heterocycles. The molecule has 0 radical (unpaired) electrons. The van der Waals surface area contributed by atoms with Gasteiger partial charge in [-0.25, -0.2) is 13.1 Å². The van der Waals surface area contributed by atoms with E-state index < -0.39 is 9.84 Å². The number of sulfone groups is 1. The number of hydrogen-bond acceptors (Lipinski definition) is 5. The molecule has 1 fully saturated rings. The summed E-state index contributed by atoms with van der Waals surface area (Å²) in [5.41, 5.74) is -0.295. The summed E-state index contributed by atoms with van der Waals surface area (Å²) < 4.78 is 24.1. The number of likely N-dealkylation sites (tertiary alicyclic amines) is 1. The molecule has 1 aliphatic rings. The molecule has 1 amide bonds. The number of aromatic nitrogens is 2. The lowest BCUT2D eigenvalue weighted by Crippen LogP contribution is -2.44. The first-order valence-corrected chi connectivity index (χ1v) is 10.3. The zero-order valence-electron chi connectivity index (χ0n) is 14.1. The molecule has 134 valence electrons. The maximum atomic E-state index is 12.5. The smallest absolute Gasteiger partial charge is 0.275 e. The maximum absolute atomic E-state index is 12.5. The van der Waals surface area contributed by atoms with Gasteiger partial charge in [0.1, 0.15) is 16.4 Å². The first-order chi connectivity index (χ1) is 11.8. The molecular weight excluding hydrogens is 342 g/mol. The third-order valence-corrected chi connectivity index (χ3v) is 5.53. The highest BCUT2D eigenvalue weighted by atomic mass is 32.2. The summed E-state index contributed by atoms with van der Waals surface area (Å²) in [5, 5.41) is 5.35. The highest BCUT2D eigenvalue weighted by molar-refractivity contribution is 7.90. The van der Waals surface area contributed by atoms with E-state index in [4.69, 9.17) is 0 Å². The Morgan fingerprint density at radius 1 is 1.32 bits per heavy atom. The lowest BCUT2D eigenvalue weighted by Gasteiger charge is -2.32. The summed E-state index contributed by atoms with van der Waals surface area (Å²) in [4.78, 5) is 26.6. The Hall–Kier alpha value is -2.22. The first kappa shape index (κ1) is 17.6. The molecule has 0 N–H and O–H groups in total. The summed E-state index contributed by atoms with van der Waals surface area (Å²) in [6.07, 6.45) is 4.36. The van der Waals surface area contributed by atoms with E-state index in [-0.39, 0.29) is 29.7 Å². The molecule has 1 aliphatic heterocycles. The maximum Gasteiger partial charge on any atom is 0.275 e. The highest BCUT2D eigenvalue weighted by Gasteiger charge is 2.26. The topological polar surface area (TPSA) is 89.3 Å². The number of nitrogens with zero attached hydrogens (tertiary/aromatic N) is 3. The number of amides is 1. The second-order valence-electron chi connectivity index (χ2n) is 6.64. The molecule has 2 aromatic rings. The van der Waals surface area contributed by atoms with Crippen molar-refractivity contribution in [1.29, 1.82) is 0 Å². The van der Waals surface area contributed by atoms with Crippen LogP contribution in [-0.4, -0.2) is 54.1 Å². The van der Waals surface area contributed by atoms with Crippen molar-refractivity contribution in [2.24, 2.45) is 5.92 Å². The van der Waals surface area contributed by atoms with E-state index in [1.54, 1.807) is 29.3 Å². The second-order valence-corrected chi connectivity index (χ2v) is 8.82. The molecule has 1 saturated heterocycles. The van der Waals surface area contributed by atoms with Crippen LogP contribution >= 0.6 is 0 Å². The molecule has 0 aliphatic carbocycles. The monoisotopic (exact) mass is 363 g/mol. The average Bonchev–Trinajstić information content (AvgIpc) is 2.56. The number of fused-ring (bicyclic) bond motifs is 1. The third kappa shape index (κ3) is 4.25. The van der Waals surface area contributed by atoms with Gasteiger partial charge in [0.2, 0.25) is 5.91 Å². The molecule has 8 heteroatoms. The Bertz CT molecular complexity index is 952. The highest BCUT2D eigenvalue weighted by Crippen LogP contribution is 2.18. The van der Waals surface area contributed by atoms with E-state index in [9.17, 15) is 18.0 Å². The van der Waals surface area contributed by atoms with Gasteiger partial charge in [0.25, 0.3) is 5.56 Å². The van der Waals surface area contributed by atoms with Crippen LogP contribution in [0.3, 0.4) is 0 Å². The van der Waals surface area contributed by atoms with Gasteiger partial charge in [-0.05, 0) is 24.8 Å². The van der Waals surface area contributed by atoms with Crippen LogP contribution in [0.15, 0.2) is 35.3 Å². The van der Waals surface area contributed by atoms with Crippen LogP contribution in [0, 0.1) is 5.92 Å². The summed E-state index contributed by atoms with van der Waals surface area (Å²) in [7, 11) is -3.07. The SMILES string of the molecule is CS(=O)(=O)CC1CCCN(C(=O)Cn2ncc3ccccc3c2=O)C1. The van der Waals surface area contributed by atoms with Gasteiger partial charge in [-0.3, -0.25) is 9.59 Å². The lowest BCUT2D eigenvalue weighted by atomic mass is 10.00. The van der Waals surface area contributed by atoms with Crippen molar-refractivity contribution in [3.63, 3.8) is 0 Å². The minimum atomic E-state index is -3.07. The molecule has 1 unspecified atom stereocenters. The van der Waals surface area contributed by atoms with Gasteiger partial charge >= 0.3 is 0 Å². The Kier molecular flexibility index (Phi) is 4.89. The van der Waals surface area contributed by atoms with Crippen LogP contribution in [0.2, 0.25) is 0 Å². The summed E-state index contributed by atoms with van der Waals surface area (Å²) in [6.45, 7) is 0.866. The van der Waals surface area contributed by atoms with Crippen molar-refractivity contribution in [1.82, 2.24) is 14.7 Å². The van der Waals surface area contributed by atoms with Gasteiger partial charge in [-0.2, -0.15) is 5.10 Å². The quantitative estimate of drug-likeness (QED) is 0.797. The third-order valence-electron chi connectivity index (χ3n) is 4.46. The van der Waals surface area contributed by atoms with E-state index in [2.05, 4.69) is 5.10 Å². The molecule has 25 heavy (non-hydrogen) atoms. The van der Waals surface area contributed by atoms with Crippen LogP contribution in [0.25, 0.3) is 10.8 Å². The number of hydrogen-bond donors (Lipinski definition) is 0. The van der Waals surface area contributed by atoms with Gasteiger partial charge in [-0.15, -0.1) is 0 Å². The fraction of sp³-hybridized carbons (Fsp3) is 0.471. The van der Waals surface area contributed by atoms with Gasteiger partial charge in [-0.1, -0.05) is 18.2 Å². The molecular formula is C17H21N3O4S. The molecule has 1 aromatic carbocycles. The first-order valence-electron chi connectivity index (χ1n) is 8.24. The average molecular weight is 363 g/mol. The number of piperidine rings is 1. The van der Waals surface area contributed by atoms with Crippen LogP contribution in [0.4, 0.5) is 0 Å². The number of carbonyl (C=O) groups excluding carboxylic acids is 1. The van der Waals surface area contributed by atoms with E-state index in [0.717, 1.165) is 18.2 Å². The van der Waals surface area contributed by atoms with Gasteiger partial charge < -0.3 is 4.90 Å². The molecule has 0 saturated carbocycles. The van der Waals surface area contributed by atoms with Crippen molar-refractivity contribution in [3.05, 3.63) is 40.8 Å². The molecule has 2 heterocycles. The minimum absolute atomic E-state index is 0.0472. The van der Waals surface area contributed by atoms with Crippen molar-refractivity contribution >= 4 is 26.5 Å². The van der Waals surface area contributed by atoms with Crippen LogP contribution in [0.1, 0.15) is 12.8 Å². The number of benzene rings is 1. The van der Waals surface area contributed by atoms with Gasteiger partial charge in [0, 0.05) is 24.7 Å². The molecule has 1 atom stereocenters. The van der Waals surface area contributed by atoms with Crippen LogP contribution in [0.5, 0.6) is 0 Å². The zero-order chi connectivity index (χ0) is 18.0. The van der Waals surface area contributed by atoms with Crippen LogP contribution in [-0.2, 0) is 21.2 Å². The molecule has 3 rings (SSSR count). The van der Waals surface area contributed by atoms with E-state index in [1.807, 2.05) is 6.07 Å². The predicted octanol–water partition coefficient (Wildman–Crippen LogP) is 0.680.